The van der Waals surface area contributed by atoms with Gasteiger partial charge in [-0.3, -0.25) is 9.79 Å². The molecule has 0 spiro atoms. The Hall–Kier alpha value is -2.36. The normalized spacial score (nSPS) is 18.8. The van der Waals surface area contributed by atoms with Gasteiger partial charge in [0.15, 0.2) is 5.96 Å². The van der Waals surface area contributed by atoms with Crippen molar-refractivity contribution in [2.45, 2.75) is 19.3 Å². The third kappa shape index (κ3) is 7.06. The Balaban J connectivity index is 0.00000306. The molecule has 1 amide bonds. The van der Waals surface area contributed by atoms with Crippen LogP contribution in [0.5, 0.6) is 0 Å². The molecule has 0 saturated carbocycles. The van der Waals surface area contributed by atoms with Crippen LogP contribution in [0.4, 0.5) is 5.82 Å². The van der Waals surface area contributed by atoms with Crippen LogP contribution in [0.1, 0.15) is 18.4 Å². The molecule has 0 aliphatic carbocycles. The van der Waals surface area contributed by atoms with Crippen molar-refractivity contribution >= 4 is 41.7 Å². The number of anilines is 1. The van der Waals surface area contributed by atoms with Crippen molar-refractivity contribution in [3.05, 3.63) is 60.3 Å². The average molecular weight is 563 g/mol. The van der Waals surface area contributed by atoms with Crippen LogP contribution in [0.3, 0.4) is 0 Å². The number of carbonyl (C=O) groups is 1. The third-order valence-electron chi connectivity index (χ3n) is 6.39. The molecule has 178 valence electrons. The van der Waals surface area contributed by atoms with Crippen LogP contribution in [0.2, 0.25) is 0 Å². The number of amides is 1. The summed E-state index contributed by atoms with van der Waals surface area (Å²) in [7, 11) is 1.82. The van der Waals surface area contributed by atoms with Crippen molar-refractivity contribution in [1.29, 1.82) is 0 Å². The van der Waals surface area contributed by atoms with Gasteiger partial charge in [0.2, 0.25) is 5.91 Å². The second-order valence-electron chi connectivity index (χ2n) is 8.57. The number of hydrogen-bond acceptors (Lipinski definition) is 4. The highest BCUT2D eigenvalue weighted by Crippen LogP contribution is 2.21. The minimum atomic E-state index is 0. The standard InChI is InChI=1S/C25H34N6O.HI/c1-26-25(31-14-11-22(20-31)19-21-7-3-2-4-8-21)28-13-10-24(32)30-17-15-29(16-18-30)23-9-5-6-12-27-23;/h2-9,12,22H,10-11,13-20H2,1H3,(H,26,28);1H. The quantitative estimate of drug-likeness (QED) is 0.334. The lowest BCUT2D eigenvalue weighted by atomic mass is 9.99. The van der Waals surface area contributed by atoms with Crippen LogP contribution in [-0.4, -0.2) is 79.5 Å². The highest BCUT2D eigenvalue weighted by molar-refractivity contribution is 14.0. The van der Waals surface area contributed by atoms with Crippen molar-refractivity contribution in [1.82, 2.24) is 20.1 Å². The molecule has 0 bridgehead atoms. The van der Waals surface area contributed by atoms with Crippen molar-refractivity contribution in [3.63, 3.8) is 0 Å². The highest BCUT2D eigenvalue weighted by atomic mass is 127. The Morgan fingerprint density at radius 3 is 2.48 bits per heavy atom. The van der Waals surface area contributed by atoms with E-state index in [4.69, 9.17) is 0 Å². The minimum absolute atomic E-state index is 0. The summed E-state index contributed by atoms with van der Waals surface area (Å²) >= 11 is 0. The van der Waals surface area contributed by atoms with E-state index >= 15 is 0 Å². The van der Waals surface area contributed by atoms with Crippen LogP contribution < -0.4 is 10.2 Å². The molecule has 4 rings (SSSR count). The van der Waals surface area contributed by atoms with Crippen LogP contribution in [0.25, 0.3) is 0 Å². The summed E-state index contributed by atoms with van der Waals surface area (Å²) < 4.78 is 0. The third-order valence-corrected chi connectivity index (χ3v) is 6.39. The molecule has 2 aromatic rings. The fourth-order valence-corrected chi connectivity index (χ4v) is 4.64. The lowest BCUT2D eigenvalue weighted by Gasteiger charge is -2.35. The highest BCUT2D eigenvalue weighted by Gasteiger charge is 2.25. The lowest BCUT2D eigenvalue weighted by molar-refractivity contribution is -0.131. The molecule has 7 nitrogen and oxygen atoms in total. The number of nitrogens with one attached hydrogen (secondary N) is 1. The SMILES string of the molecule is CN=C(NCCC(=O)N1CCN(c2ccccn2)CC1)N1CCC(Cc2ccccc2)C1.I. The zero-order valence-electron chi connectivity index (χ0n) is 19.4. The first-order chi connectivity index (χ1) is 15.7. The van der Waals surface area contributed by atoms with E-state index in [9.17, 15) is 4.79 Å². The Labute approximate surface area is 214 Å². The number of benzene rings is 1. The van der Waals surface area contributed by atoms with Gasteiger partial charge in [-0.1, -0.05) is 36.4 Å². The minimum Gasteiger partial charge on any atom is -0.356 e. The predicted molar refractivity (Wildman–Crippen MR) is 144 cm³/mol. The summed E-state index contributed by atoms with van der Waals surface area (Å²) in [5.41, 5.74) is 1.40. The maximum atomic E-state index is 12.7. The van der Waals surface area contributed by atoms with Gasteiger partial charge in [-0.15, -0.1) is 24.0 Å². The second kappa shape index (κ2) is 12.8. The summed E-state index contributed by atoms with van der Waals surface area (Å²) in [6.45, 7) is 5.79. The first-order valence-corrected chi connectivity index (χ1v) is 11.7. The Kier molecular flexibility index (Phi) is 9.77. The Bertz CT molecular complexity index is 886. The van der Waals surface area contributed by atoms with Gasteiger partial charge in [-0.25, -0.2) is 4.98 Å². The fourth-order valence-electron chi connectivity index (χ4n) is 4.64. The summed E-state index contributed by atoms with van der Waals surface area (Å²) in [4.78, 5) is 28.1. The molecule has 8 heteroatoms. The van der Waals surface area contributed by atoms with E-state index < -0.39 is 0 Å². The summed E-state index contributed by atoms with van der Waals surface area (Å²) in [6.07, 6.45) is 4.59. The first kappa shape index (κ1) is 25.3. The second-order valence-corrected chi connectivity index (χ2v) is 8.57. The van der Waals surface area contributed by atoms with E-state index in [0.717, 1.165) is 57.5 Å². The molecule has 2 fully saturated rings. The number of hydrogen-bond donors (Lipinski definition) is 1. The van der Waals surface area contributed by atoms with E-state index in [2.05, 4.69) is 55.4 Å². The van der Waals surface area contributed by atoms with E-state index in [1.807, 2.05) is 36.3 Å². The maximum Gasteiger partial charge on any atom is 0.224 e. The van der Waals surface area contributed by atoms with Gasteiger partial charge >= 0.3 is 0 Å². The van der Waals surface area contributed by atoms with E-state index in [1.165, 1.54) is 12.0 Å². The van der Waals surface area contributed by atoms with Crippen LogP contribution in [0.15, 0.2) is 59.7 Å². The van der Waals surface area contributed by atoms with Crippen molar-refractivity contribution in [3.8, 4) is 0 Å². The zero-order valence-corrected chi connectivity index (χ0v) is 21.7. The van der Waals surface area contributed by atoms with E-state index in [-0.39, 0.29) is 29.9 Å². The molecule has 1 N–H and O–H groups in total. The van der Waals surface area contributed by atoms with E-state index in [0.29, 0.717) is 18.9 Å². The molecule has 1 unspecified atom stereocenters. The van der Waals surface area contributed by atoms with Crippen molar-refractivity contribution < 1.29 is 4.79 Å². The van der Waals surface area contributed by atoms with Gasteiger partial charge in [0.25, 0.3) is 0 Å². The zero-order chi connectivity index (χ0) is 22.2. The molecule has 0 radical (unpaired) electrons. The topological polar surface area (TPSA) is 64.1 Å². The molecule has 2 saturated heterocycles. The molecule has 3 heterocycles. The number of nitrogens with zero attached hydrogens (tertiary/aromatic N) is 5. The number of pyridine rings is 1. The van der Waals surface area contributed by atoms with Gasteiger partial charge in [0, 0.05) is 65.5 Å². The van der Waals surface area contributed by atoms with Gasteiger partial charge in [0.1, 0.15) is 5.82 Å². The Morgan fingerprint density at radius 2 is 1.79 bits per heavy atom. The molecule has 1 atom stereocenters. The molecule has 33 heavy (non-hydrogen) atoms. The maximum absolute atomic E-state index is 12.7. The smallest absolute Gasteiger partial charge is 0.224 e. The summed E-state index contributed by atoms with van der Waals surface area (Å²) in [5, 5.41) is 3.41. The molecule has 1 aromatic heterocycles. The van der Waals surface area contributed by atoms with Gasteiger partial charge in [0.05, 0.1) is 0 Å². The summed E-state index contributed by atoms with van der Waals surface area (Å²) in [6, 6.07) is 16.6. The van der Waals surface area contributed by atoms with Gasteiger partial charge < -0.3 is 20.0 Å². The van der Waals surface area contributed by atoms with Gasteiger partial charge in [-0.05, 0) is 36.5 Å². The number of halogens is 1. The molecule has 2 aliphatic heterocycles. The average Bonchev–Trinajstić information content (AvgIpc) is 3.31. The molecular formula is C25H35IN6O. The fraction of sp³-hybridized carbons (Fsp3) is 0.480. The van der Waals surface area contributed by atoms with Crippen LogP contribution in [-0.2, 0) is 11.2 Å². The van der Waals surface area contributed by atoms with Crippen molar-refractivity contribution in [2.24, 2.45) is 10.9 Å². The molecule has 2 aliphatic rings. The number of likely N-dealkylation sites (tertiary alicyclic amines) is 1. The first-order valence-electron chi connectivity index (χ1n) is 11.7. The van der Waals surface area contributed by atoms with Crippen molar-refractivity contribution in [2.75, 3.05) is 57.8 Å². The van der Waals surface area contributed by atoms with Gasteiger partial charge in [-0.2, -0.15) is 0 Å². The lowest BCUT2D eigenvalue weighted by Crippen LogP contribution is -2.49. The Morgan fingerprint density at radius 1 is 1.03 bits per heavy atom. The number of aliphatic imine (C=N–C) groups is 1. The van der Waals surface area contributed by atoms with Crippen LogP contribution in [0, 0.1) is 5.92 Å². The van der Waals surface area contributed by atoms with E-state index in [1.54, 1.807) is 0 Å². The van der Waals surface area contributed by atoms with Crippen LogP contribution >= 0.6 is 24.0 Å². The largest absolute Gasteiger partial charge is 0.356 e. The number of rotatable bonds is 6. The number of guanidine groups is 1. The number of aromatic nitrogens is 1. The molecule has 1 aromatic carbocycles. The number of piperazine rings is 1. The number of carbonyl (C=O) groups excluding carboxylic acids is 1. The monoisotopic (exact) mass is 562 g/mol. The predicted octanol–water partition coefficient (Wildman–Crippen LogP) is 2.88. The molecular weight excluding hydrogens is 527 g/mol. The summed E-state index contributed by atoms with van der Waals surface area (Å²) in [5.74, 6) is 2.75.